The summed E-state index contributed by atoms with van der Waals surface area (Å²) in [7, 11) is 4.64. The topological polar surface area (TPSA) is 46.2 Å². The van der Waals surface area contributed by atoms with Gasteiger partial charge in [0.1, 0.15) is 0 Å². The van der Waals surface area contributed by atoms with E-state index in [1.807, 2.05) is 0 Å². The Bertz CT molecular complexity index is 15.5. The van der Waals surface area contributed by atoms with Crippen LogP contribution in [0.15, 0.2) is 0 Å². The van der Waals surface area contributed by atoms with E-state index in [0.29, 0.717) is 6.54 Å². The van der Waals surface area contributed by atoms with Gasteiger partial charge in [0, 0.05) is 6.54 Å². The maximum absolute atomic E-state index is 7.75. The first-order valence-corrected chi connectivity index (χ1v) is 2.36. The summed E-state index contributed by atoms with van der Waals surface area (Å²) in [5, 5.41) is 7.75. The minimum absolute atomic E-state index is 0.0972. The fourth-order valence-corrected chi connectivity index (χ4v) is 0. The van der Waals surface area contributed by atoms with Crippen LogP contribution in [0.5, 0.6) is 0 Å². The van der Waals surface area contributed by atoms with Crippen molar-refractivity contribution in [2.75, 3.05) is 13.2 Å². The van der Waals surface area contributed by atoms with Gasteiger partial charge in [0.05, 0.1) is 6.61 Å². The molecule has 0 spiro atoms. The van der Waals surface area contributed by atoms with Crippen molar-refractivity contribution in [2.45, 2.75) is 0 Å². The number of aliphatic hydroxyl groups excluding tert-OH is 1. The van der Waals surface area contributed by atoms with E-state index in [1.54, 1.807) is 0 Å². The zero-order valence-corrected chi connectivity index (χ0v) is 4.57. The van der Waals surface area contributed by atoms with Gasteiger partial charge in [0.25, 0.3) is 0 Å². The fourth-order valence-electron chi connectivity index (χ4n) is 0. The molecule has 0 fully saturated rings. The van der Waals surface area contributed by atoms with E-state index in [-0.39, 0.29) is 6.61 Å². The van der Waals surface area contributed by atoms with E-state index in [0.717, 1.165) is 0 Å². The molecule has 6 heavy (non-hydrogen) atoms. The van der Waals surface area contributed by atoms with Crippen LogP contribution in [-0.2, 0) is 0 Å². The zero-order chi connectivity index (χ0) is 5.41. The van der Waals surface area contributed by atoms with E-state index in [2.05, 4.69) is 9.80 Å². The molecule has 0 aromatic heterocycles. The van der Waals surface area contributed by atoms with Crippen LogP contribution in [0.4, 0.5) is 0 Å². The fraction of sp³-hybridized carbons (Fsp3) is 1.00. The maximum atomic E-state index is 7.75. The summed E-state index contributed by atoms with van der Waals surface area (Å²) >= 11 is 1.47. The van der Waals surface area contributed by atoms with E-state index in [4.69, 9.17) is 10.8 Å². The van der Waals surface area contributed by atoms with Gasteiger partial charge in [-0.25, -0.2) is 0 Å². The second-order valence-corrected chi connectivity index (χ2v) is 0.512. The second kappa shape index (κ2) is 17.0. The van der Waals surface area contributed by atoms with E-state index in [9.17, 15) is 0 Å². The molecule has 0 amide bonds. The molecule has 0 unspecified atom stereocenters. The van der Waals surface area contributed by atoms with Crippen molar-refractivity contribution in [3.8, 4) is 0 Å². The molecule has 0 aliphatic heterocycles. The number of rotatable bonds is 1. The van der Waals surface area contributed by atoms with Crippen LogP contribution in [0, 0.1) is 0 Å². The van der Waals surface area contributed by atoms with Gasteiger partial charge in [-0.1, -0.05) is 0 Å². The quantitative estimate of drug-likeness (QED) is 0.429. The summed E-state index contributed by atoms with van der Waals surface area (Å²) in [4.78, 5) is 0. The first kappa shape index (κ1) is 9.93. The molecule has 0 aliphatic rings. The first-order valence-electron chi connectivity index (χ1n) is 1.60. The molecule has 0 atom stereocenters. The van der Waals surface area contributed by atoms with Crippen molar-refractivity contribution in [3.05, 3.63) is 0 Å². The van der Waals surface area contributed by atoms with Crippen LogP contribution < -0.4 is 5.73 Å². The molecule has 4 heteroatoms. The monoisotopic (exact) mass is 103 g/mol. The molecule has 0 bridgehead atoms. The Labute approximate surface area is 51.0 Å². The number of nitrogens with two attached hydrogens (primary N) is 1. The van der Waals surface area contributed by atoms with Crippen LogP contribution >= 0.6 is 9.80 Å². The molecular formula is C2H7ClLiNO. The van der Waals surface area contributed by atoms with Crippen LogP contribution in [0.25, 0.3) is 0 Å². The summed E-state index contributed by atoms with van der Waals surface area (Å²) in [5.41, 5.74) is 4.78. The van der Waals surface area contributed by atoms with Crippen molar-refractivity contribution >= 4 is 26.5 Å². The van der Waals surface area contributed by atoms with E-state index in [1.165, 1.54) is 16.7 Å². The van der Waals surface area contributed by atoms with E-state index >= 15 is 0 Å². The van der Waals surface area contributed by atoms with Crippen molar-refractivity contribution in [1.82, 2.24) is 0 Å². The number of hydrogen-bond donors (Lipinski definition) is 2. The van der Waals surface area contributed by atoms with Gasteiger partial charge in [-0.15, -0.1) is 0 Å². The average molecular weight is 103 g/mol. The zero-order valence-electron chi connectivity index (χ0n) is 3.82. The van der Waals surface area contributed by atoms with Crippen molar-refractivity contribution in [3.63, 3.8) is 0 Å². The molecule has 0 aliphatic carbocycles. The minimum atomic E-state index is 0.0972. The standard InChI is InChI=1S/C2H7NO.ClH.Li/c3-1-2-4;;/h4H,1-3H2;1H;/q;;+1/p-1. The SMILES string of the molecule is NCCO.[Li][Cl]. The molecule has 34 valence electrons. The average Bonchev–Trinajstić information content (AvgIpc) is 1.72. The van der Waals surface area contributed by atoms with Crippen molar-refractivity contribution in [2.24, 2.45) is 5.73 Å². The van der Waals surface area contributed by atoms with Gasteiger partial charge in [0.15, 0.2) is 0 Å². The third kappa shape index (κ3) is 21.3. The molecule has 0 heterocycles. The number of aliphatic hydroxyl groups is 1. The molecular weight excluding hydrogens is 96.4 g/mol. The molecule has 3 N–H and O–H groups in total. The van der Waals surface area contributed by atoms with Crippen LogP contribution in [0.2, 0.25) is 0 Å². The molecule has 0 aromatic carbocycles. The first-order chi connectivity index (χ1) is 2.91. The molecule has 0 saturated carbocycles. The summed E-state index contributed by atoms with van der Waals surface area (Å²) in [6.07, 6.45) is 0. The van der Waals surface area contributed by atoms with E-state index < -0.39 is 0 Å². The summed E-state index contributed by atoms with van der Waals surface area (Å²) in [6.45, 7) is 0.472. The molecule has 0 radical (unpaired) electrons. The van der Waals surface area contributed by atoms with Crippen LogP contribution in [0.1, 0.15) is 0 Å². The third-order valence-electron chi connectivity index (χ3n) is 0.129. The third-order valence-corrected chi connectivity index (χ3v) is 0.129. The van der Waals surface area contributed by atoms with Gasteiger partial charge in [-0.05, 0) is 0 Å². The molecule has 2 nitrogen and oxygen atoms in total. The molecule has 0 aromatic rings. The van der Waals surface area contributed by atoms with Crippen LogP contribution in [0.3, 0.4) is 0 Å². The summed E-state index contributed by atoms with van der Waals surface area (Å²) in [5.74, 6) is 0. The predicted octanol–water partition coefficient (Wildman–Crippen LogP) is -0.754. The second-order valence-electron chi connectivity index (χ2n) is 0.512. The Kier molecular flexibility index (Phi) is 28.2. The predicted molar refractivity (Wildman–Crippen MR) is 27.7 cm³/mol. The Morgan fingerprint density at radius 1 is 1.67 bits per heavy atom. The Hall–Kier alpha value is 0.807. The Morgan fingerprint density at radius 2 is 1.83 bits per heavy atom. The molecule has 0 rings (SSSR count). The van der Waals surface area contributed by atoms with Crippen LogP contribution in [-0.4, -0.2) is 35.0 Å². The normalized spacial score (nSPS) is 6.17. The van der Waals surface area contributed by atoms with Gasteiger partial charge in [-0.3, -0.25) is 0 Å². The van der Waals surface area contributed by atoms with Gasteiger partial charge < -0.3 is 10.8 Å². The number of hydrogen-bond acceptors (Lipinski definition) is 2. The van der Waals surface area contributed by atoms with Gasteiger partial charge >= 0.3 is 26.5 Å². The number of halogens is 1. The van der Waals surface area contributed by atoms with Crippen molar-refractivity contribution < 1.29 is 5.11 Å². The summed E-state index contributed by atoms with van der Waals surface area (Å²) < 4.78 is 0. The Morgan fingerprint density at radius 3 is 1.83 bits per heavy atom. The van der Waals surface area contributed by atoms with Crippen molar-refractivity contribution in [1.29, 1.82) is 0 Å². The summed E-state index contributed by atoms with van der Waals surface area (Å²) in [6, 6.07) is 0. The van der Waals surface area contributed by atoms with Gasteiger partial charge in [0.2, 0.25) is 0 Å². The Balaban J connectivity index is 0. The molecule has 0 saturated heterocycles. The van der Waals surface area contributed by atoms with Gasteiger partial charge in [-0.2, -0.15) is 0 Å².